The zero-order valence-corrected chi connectivity index (χ0v) is 21.7. The summed E-state index contributed by atoms with van der Waals surface area (Å²) in [5, 5.41) is 15.1. The van der Waals surface area contributed by atoms with Gasteiger partial charge in [0.2, 0.25) is 11.8 Å². The highest BCUT2D eigenvalue weighted by Crippen LogP contribution is 2.50. The van der Waals surface area contributed by atoms with Crippen molar-refractivity contribution in [3.63, 3.8) is 0 Å². The first kappa shape index (κ1) is 25.5. The molecule has 3 aromatic rings. The Bertz CT molecular complexity index is 1480. The average Bonchev–Trinajstić information content (AvgIpc) is 3.14. The van der Waals surface area contributed by atoms with Gasteiger partial charge < -0.3 is 26.4 Å². The summed E-state index contributed by atoms with van der Waals surface area (Å²) >= 11 is 1.32. The van der Waals surface area contributed by atoms with Gasteiger partial charge in [-0.1, -0.05) is 30.3 Å². The van der Waals surface area contributed by atoms with Crippen LogP contribution in [-0.2, 0) is 14.4 Å². The molecule has 2 aliphatic rings. The SMILES string of the molecule is Cc1ccc2c(N)c(C(=O)NC(C(=O)N[C@@H]3C(=O)N4[C@@H]3SC(C)(C)[C@@H]4C(=O)O)c3ccccc3)cnc2n1. The van der Waals surface area contributed by atoms with Crippen molar-refractivity contribution >= 4 is 52.2 Å². The Morgan fingerprint density at radius 1 is 1.16 bits per heavy atom. The molecular formula is C26H26N6O5S. The van der Waals surface area contributed by atoms with Crippen LogP contribution in [0.1, 0.15) is 41.5 Å². The van der Waals surface area contributed by atoms with Gasteiger partial charge >= 0.3 is 5.97 Å². The van der Waals surface area contributed by atoms with Crippen molar-refractivity contribution in [1.29, 1.82) is 0 Å². The number of rotatable bonds is 6. The van der Waals surface area contributed by atoms with E-state index in [0.29, 0.717) is 16.6 Å². The number of hydrogen-bond acceptors (Lipinski definition) is 8. The Morgan fingerprint density at radius 3 is 2.55 bits per heavy atom. The number of benzene rings is 1. The maximum Gasteiger partial charge on any atom is 0.327 e. The highest BCUT2D eigenvalue weighted by atomic mass is 32.2. The van der Waals surface area contributed by atoms with E-state index in [0.717, 1.165) is 5.69 Å². The molecule has 4 heterocycles. The molecule has 196 valence electrons. The summed E-state index contributed by atoms with van der Waals surface area (Å²) in [6.45, 7) is 5.33. The minimum Gasteiger partial charge on any atom is -0.480 e. The number of aromatic nitrogens is 2. The van der Waals surface area contributed by atoms with E-state index in [1.54, 1.807) is 56.3 Å². The lowest BCUT2D eigenvalue weighted by molar-refractivity contribution is -0.161. The van der Waals surface area contributed by atoms with Crippen molar-refractivity contribution in [2.24, 2.45) is 0 Å². The van der Waals surface area contributed by atoms with Crippen molar-refractivity contribution in [2.45, 2.75) is 49.0 Å². The summed E-state index contributed by atoms with van der Waals surface area (Å²) in [7, 11) is 0. The second-order valence-corrected chi connectivity index (χ2v) is 11.6. The number of carboxylic acids is 1. The fraction of sp³-hybridized carbons (Fsp3) is 0.308. The second kappa shape index (κ2) is 9.28. The summed E-state index contributed by atoms with van der Waals surface area (Å²) in [6, 6.07) is 9.03. The van der Waals surface area contributed by atoms with Crippen molar-refractivity contribution in [2.75, 3.05) is 5.73 Å². The maximum absolute atomic E-state index is 13.5. The number of carbonyl (C=O) groups excluding carboxylic acids is 3. The average molecular weight is 535 g/mol. The molecule has 2 aliphatic heterocycles. The largest absolute Gasteiger partial charge is 0.480 e. The lowest BCUT2D eigenvalue weighted by atomic mass is 9.95. The molecule has 12 heteroatoms. The van der Waals surface area contributed by atoms with Gasteiger partial charge in [0.15, 0.2) is 5.65 Å². The number of anilines is 1. The number of hydrogen-bond donors (Lipinski definition) is 4. The van der Waals surface area contributed by atoms with Gasteiger partial charge in [0.25, 0.3) is 5.91 Å². The molecule has 11 nitrogen and oxygen atoms in total. The van der Waals surface area contributed by atoms with Crippen LogP contribution in [-0.4, -0.2) is 65.9 Å². The first-order valence-corrected chi connectivity index (χ1v) is 12.8. The molecule has 0 radical (unpaired) electrons. The predicted molar refractivity (Wildman–Crippen MR) is 141 cm³/mol. The van der Waals surface area contributed by atoms with E-state index < -0.39 is 51.9 Å². The van der Waals surface area contributed by atoms with Crippen LogP contribution < -0.4 is 16.4 Å². The summed E-state index contributed by atoms with van der Waals surface area (Å²) in [6.07, 6.45) is 1.32. The van der Waals surface area contributed by atoms with Crippen molar-refractivity contribution in [3.05, 3.63) is 65.5 Å². The Labute approximate surface area is 222 Å². The number of pyridine rings is 2. The molecule has 1 aromatic carbocycles. The number of nitrogens with two attached hydrogens (primary N) is 1. The number of β-lactam (4-membered cyclic amide) rings is 1. The van der Waals surface area contributed by atoms with Crippen LogP contribution in [0.3, 0.4) is 0 Å². The van der Waals surface area contributed by atoms with Crippen molar-refractivity contribution in [3.8, 4) is 0 Å². The molecule has 0 aliphatic carbocycles. The highest BCUT2D eigenvalue weighted by molar-refractivity contribution is 8.01. The van der Waals surface area contributed by atoms with E-state index in [1.807, 2.05) is 6.92 Å². The maximum atomic E-state index is 13.5. The number of carbonyl (C=O) groups is 4. The molecule has 2 saturated heterocycles. The molecule has 5 N–H and O–H groups in total. The van der Waals surface area contributed by atoms with Gasteiger partial charge in [-0.3, -0.25) is 14.4 Å². The van der Waals surface area contributed by atoms with Crippen LogP contribution in [0.5, 0.6) is 0 Å². The number of aryl methyl sites for hydroxylation is 1. The number of fused-ring (bicyclic) bond motifs is 2. The standard InChI is InChI=1S/C26H26N6O5S/c1-12-9-10-14-16(27)15(11-28-20(14)29-12)21(33)30-17(13-7-5-4-6-8-13)22(34)31-18-23(35)32-19(25(36)37)26(2,3)38-24(18)32/h4-11,17-19,24H,1-3H3,(H,30,33)(H,31,34)(H,36,37)(H2,27,28,29)/t17?,18-,19+,24-/m1/s1. The molecule has 38 heavy (non-hydrogen) atoms. The van der Waals surface area contributed by atoms with Gasteiger partial charge in [0.05, 0.1) is 11.3 Å². The third kappa shape index (κ3) is 4.20. The molecule has 4 atom stereocenters. The van der Waals surface area contributed by atoms with Crippen molar-refractivity contribution in [1.82, 2.24) is 25.5 Å². The number of nitrogen functional groups attached to an aromatic ring is 1. The van der Waals surface area contributed by atoms with Gasteiger partial charge in [0.1, 0.15) is 23.5 Å². The smallest absolute Gasteiger partial charge is 0.327 e. The number of nitrogens with one attached hydrogen (secondary N) is 2. The van der Waals surface area contributed by atoms with Crippen LogP contribution in [0.4, 0.5) is 5.69 Å². The fourth-order valence-electron chi connectivity index (χ4n) is 4.91. The fourth-order valence-corrected chi connectivity index (χ4v) is 6.53. The van der Waals surface area contributed by atoms with Crippen LogP contribution in [0.25, 0.3) is 11.0 Å². The number of aliphatic carboxylic acids is 1. The van der Waals surface area contributed by atoms with Crippen molar-refractivity contribution < 1.29 is 24.3 Å². The number of amides is 3. The Morgan fingerprint density at radius 2 is 1.87 bits per heavy atom. The zero-order chi connectivity index (χ0) is 27.4. The third-order valence-electron chi connectivity index (χ3n) is 6.80. The topological polar surface area (TPSA) is 168 Å². The van der Waals surface area contributed by atoms with Gasteiger partial charge in [-0.15, -0.1) is 11.8 Å². The highest BCUT2D eigenvalue weighted by Gasteiger charge is 2.64. The molecule has 5 rings (SSSR count). The van der Waals surface area contributed by atoms with Crippen LogP contribution in [0.2, 0.25) is 0 Å². The second-order valence-electron chi connectivity index (χ2n) is 9.81. The number of carboxylic acid groups (broad SMARTS) is 1. The van der Waals surface area contributed by atoms with E-state index in [9.17, 15) is 24.3 Å². The van der Waals surface area contributed by atoms with E-state index in [1.165, 1.54) is 22.9 Å². The molecule has 0 saturated carbocycles. The molecular weight excluding hydrogens is 508 g/mol. The van der Waals surface area contributed by atoms with Gasteiger partial charge in [0, 0.05) is 22.0 Å². The molecule has 2 aromatic heterocycles. The van der Waals surface area contributed by atoms with E-state index in [2.05, 4.69) is 20.6 Å². The minimum atomic E-state index is -1.15. The van der Waals surface area contributed by atoms with E-state index in [-0.39, 0.29) is 11.3 Å². The lowest BCUT2D eigenvalue weighted by Crippen LogP contribution is -2.71. The Balaban J connectivity index is 1.39. The quantitative estimate of drug-likeness (QED) is 0.344. The van der Waals surface area contributed by atoms with Gasteiger partial charge in [-0.05, 0) is 38.5 Å². The summed E-state index contributed by atoms with van der Waals surface area (Å²) in [4.78, 5) is 61.3. The monoisotopic (exact) mass is 534 g/mol. The molecule has 2 fully saturated rings. The van der Waals surface area contributed by atoms with E-state index >= 15 is 0 Å². The molecule has 3 amide bonds. The van der Waals surface area contributed by atoms with Crippen LogP contribution in [0.15, 0.2) is 48.7 Å². The zero-order valence-electron chi connectivity index (χ0n) is 20.8. The van der Waals surface area contributed by atoms with Crippen LogP contribution in [0, 0.1) is 6.92 Å². The normalized spacial score (nSPS) is 22.3. The van der Waals surface area contributed by atoms with Crippen LogP contribution >= 0.6 is 11.8 Å². The summed E-state index contributed by atoms with van der Waals surface area (Å²) < 4.78 is -0.729. The first-order valence-electron chi connectivity index (χ1n) is 11.9. The Kier molecular flexibility index (Phi) is 6.22. The first-order chi connectivity index (χ1) is 18.0. The number of thioether (sulfide) groups is 1. The van der Waals surface area contributed by atoms with Gasteiger partial charge in [-0.2, -0.15) is 0 Å². The summed E-state index contributed by atoms with van der Waals surface area (Å²) in [5.41, 5.74) is 8.19. The Hall–Kier alpha value is -4.19. The van der Waals surface area contributed by atoms with E-state index in [4.69, 9.17) is 5.73 Å². The molecule has 0 bridgehead atoms. The number of nitrogens with zero attached hydrogens (tertiary/aromatic N) is 3. The molecule has 0 spiro atoms. The van der Waals surface area contributed by atoms with Gasteiger partial charge in [-0.25, -0.2) is 14.8 Å². The lowest BCUT2D eigenvalue weighted by Gasteiger charge is -2.44. The predicted octanol–water partition coefficient (Wildman–Crippen LogP) is 1.62. The third-order valence-corrected chi connectivity index (χ3v) is 8.37. The minimum absolute atomic E-state index is 0.0835. The molecule has 1 unspecified atom stereocenters. The summed E-state index contributed by atoms with van der Waals surface area (Å²) in [5.74, 6) is -2.79.